The molecule has 160 valence electrons. The first-order chi connectivity index (χ1) is 14.4. The van der Waals surface area contributed by atoms with E-state index in [2.05, 4.69) is 5.32 Å². The van der Waals surface area contributed by atoms with Crippen molar-refractivity contribution in [3.63, 3.8) is 0 Å². The zero-order valence-electron chi connectivity index (χ0n) is 17.0. The molecule has 0 aromatic heterocycles. The summed E-state index contributed by atoms with van der Waals surface area (Å²) in [7, 11) is 5.93. The molecule has 2 aromatic rings. The van der Waals surface area contributed by atoms with Gasteiger partial charge in [0.15, 0.2) is 18.1 Å². The highest BCUT2D eigenvalue weighted by molar-refractivity contribution is 6.32. The van der Waals surface area contributed by atoms with Gasteiger partial charge in [0.05, 0.1) is 39.1 Å². The molecule has 0 bridgehead atoms. The van der Waals surface area contributed by atoms with E-state index in [4.69, 9.17) is 35.3 Å². The molecule has 0 fully saturated rings. The van der Waals surface area contributed by atoms with Crippen LogP contribution in [-0.2, 0) is 14.3 Å². The predicted octanol–water partition coefficient (Wildman–Crippen LogP) is 3.57. The molecule has 9 heteroatoms. The van der Waals surface area contributed by atoms with Crippen LogP contribution in [0.3, 0.4) is 0 Å². The number of ether oxygens (including phenoxy) is 5. The Kier molecular flexibility index (Phi) is 8.37. The Hall–Kier alpha value is -3.39. The first-order valence-corrected chi connectivity index (χ1v) is 9.07. The molecule has 1 N–H and O–H groups in total. The number of carbonyl (C=O) groups excluding carboxylic acids is 2. The molecule has 1 amide bonds. The van der Waals surface area contributed by atoms with Crippen molar-refractivity contribution in [3.8, 4) is 23.0 Å². The summed E-state index contributed by atoms with van der Waals surface area (Å²) in [4.78, 5) is 24.0. The molecule has 0 aliphatic carbocycles. The summed E-state index contributed by atoms with van der Waals surface area (Å²) < 4.78 is 25.6. The monoisotopic (exact) mass is 435 g/mol. The van der Waals surface area contributed by atoms with Crippen LogP contribution in [0.2, 0.25) is 5.02 Å². The van der Waals surface area contributed by atoms with Crippen LogP contribution < -0.4 is 24.3 Å². The van der Waals surface area contributed by atoms with E-state index in [-0.39, 0.29) is 0 Å². The Labute approximate surface area is 179 Å². The Bertz CT molecular complexity index is 943. The van der Waals surface area contributed by atoms with Crippen molar-refractivity contribution in [2.45, 2.75) is 0 Å². The molecule has 0 heterocycles. The van der Waals surface area contributed by atoms with Gasteiger partial charge in [-0.15, -0.1) is 0 Å². The first kappa shape index (κ1) is 22.9. The highest BCUT2D eigenvalue weighted by atomic mass is 35.5. The third-order valence-electron chi connectivity index (χ3n) is 3.89. The van der Waals surface area contributed by atoms with Crippen LogP contribution in [0.15, 0.2) is 36.4 Å². The van der Waals surface area contributed by atoms with Gasteiger partial charge in [0, 0.05) is 12.1 Å². The molecule has 0 aliphatic heterocycles. The van der Waals surface area contributed by atoms with Gasteiger partial charge >= 0.3 is 5.97 Å². The summed E-state index contributed by atoms with van der Waals surface area (Å²) in [6.45, 7) is -0.476. The number of benzene rings is 2. The minimum absolute atomic E-state index is 0.330. The summed E-state index contributed by atoms with van der Waals surface area (Å²) in [5.41, 5.74) is 0.994. The van der Waals surface area contributed by atoms with E-state index in [1.807, 2.05) is 0 Å². The zero-order chi connectivity index (χ0) is 22.1. The van der Waals surface area contributed by atoms with Crippen molar-refractivity contribution >= 4 is 35.2 Å². The Morgan fingerprint density at radius 1 is 0.967 bits per heavy atom. The number of halogens is 1. The maximum Gasteiger partial charge on any atom is 0.331 e. The second-order valence-corrected chi connectivity index (χ2v) is 6.20. The Morgan fingerprint density at radius 3 is 2.33 bits per heavy atom. The van der Waals surface area contributed by atoms with Gasteiger partial charge in [-0.3, -0.25) is 4.79 Å². The summed E-state index contributed by atoms with van der Waals surface area (Å²) in [6.07, 6.45) is 2.66. The van der Waals surface area contributed by atoms with Crippen LogP contribution in [0.25, 0.3) is 6.08 Å². The maximum atomic E-state index is 12.1. The summed E-state index contributed by atoms with van der Waals surface area (Å²) in [6, 6.07) is 8.20. The minimum atomic E-state index is -0.700. The van der Waals surface area contributed by atoms with Crippen LogP contribution >= 0.6 is 11.6 Å². The fourth-order valence-corrected chi connectivity index (χ4v) is 2.78. The Morgan fingerprint density at radius 2 is 1.70 bits per heavy atom. The molecule has 0 saturated heterocycles. The van der Waals surface area contributed by atoms with Gasteiger partial charge in [-0.2, -0.15) is 0 Å². The normalized spacial score (nSPS) is 10.4. The lowest BCUT2D eigenvalue weighted by molar-refractivity contribution is -0.142. The molecule has 8 nitrogen and oxygen atoms in total. The smallest absolute Gasteiger partial charge is 0.331 e. The van der Waals surface area contributed by atoms with Crippen LogP contribution in [0.5, 0.6) is 23.0 Å². The molecule has 0 unspecified atom stereocenters. The van der Waals surface area contributed by atoms with Crippen molar-refractivity contribution in [1.29, 1.82) is 0 Å². The molecule has 2 aromatic carbocycles. The lowest BCUT2D eigenvalue weighted by Gasteiger charge is -2.11. The van der Waals surface area contributed by atoms with E-state index in [9.17, 15) is 9.59 Å². The molecule has 0 aliphatic rings. The van der Waals surface area contributed by atoms with Crippen LogP contribution in [-0.4, -0.2) is 46.9 Å². The van der Waals surface area contributed by atoms with Crippen LogP contribution in [0, 0.1) is 0 Å². The largest absolute Gasteiger partial charge is 0.497 e. The first-order valence-electron chi connectivity index (χ1n) is 8.70. The standard InChI is InChI=1S/C21H22ClNO7/c1-26-14-6-7-17(27-2)16(11-14)23-19(24)12-30-20(25)8-5-13-9-15(22)21(29-4)18(10-13)28-3/h5-11H,12H2,1-4H3,(H,23,24)/b8-5+. The van der Waals surface area contributed by atoms with Crippen LogP contribution in [0.4, 0.5) is 5.69 Å². The van der Waals surface area contributed by atoms with Gasteiger partial charge in [0.2, 0.25) is 0 Å². The lowest BCUT2D eigenvalue weighted by Crippen LogP contribution is -2.20. The van der Waals surface area contributed by atoms with Crippen molar-refractivity contribution < 1.29 is 33.3 Å². The van der Waals surface area contributed by atoms with Gasteiger partial charge in [-0.1, -0.05) is 11.6 Å². The number of carbonyl (C=O) groups is 2. The van der Waals surface area contributed by atoms with Gasteiger partial charge < -0.3 is 29.0 Å². The molecule has 2 rings (SSSR count). The second-order valence-electron chi connectivity index (χ2n) is 5.79. The number of amides is 1. The molecule has 0 atom stereocenters. The molecule has 30 heavy (non-hydrogen) atoms. The number of anilines is 1. The highest BCUT2D eigenvalue weighted by Gasteiger charge is 2.12. The molecule has 0 radical (unpaired) electrons. The van der Waals surface area contributed by atoms with E-state index in [0.29, 0.717) is 39.3 Å². The third kappa shape index (κ3) is 6.05. The van der Waals surface area contributed by atoms with E-state index in [1.54, 1.807) is 30.3 Å². The van der Waals surface area contributed by atoms with E-state index >= 15 is 0 Å². The molecule has 0 spiro atoms. The van der Waals surface area contributed by atoms with Gasteiger partial charge in [0.25, 0.3) is 5.91 Å². The number of hydrogen-bond acceptors (Lipinski definition) is 7. The molecule has 0 saturated carbocycles. The van der Waals surface area contributed by atoms with Gasteiger partial charge in [-0.25, -0.2) is 4.79 Å². The highest BCUT2D eigenvalue weighted by Crippen LogP contribution is 2.36. The van der Waals surface area contributed by atoms with Crippen LogP contribution in [0.1, 0.15) is 5.56 Å². The number of esters is 1. The van der Waals surface area contributed by atoms with Gasteiger partial charge in [-0.05, 0) is 35.9 Å². The summed E-state index contributed by atoms with van der Waals surface area (Å²) >= 11 is 6.13. The van der Waals surface area contributed by atoms with Crippen molar-refractivity contribution in [1.82, 2.24) is 0 Å². The fourth-order valence-electron chi connectivity index (χ4n) is 2.48. The van der Waals surface area contributed by atoms with E-state index in [1.165, 1.54) is 40.6 Å². The number of rotatable bonds is 9. The number of hydrogen-bond donors (Lipinski definition) is 1. The minimum Gasteiger partial charge on any atom is -0.497 e. The topological polar surface area (TPSA) is 92.3 Å². The third-order valence-corrected chi connectivity index (χ3v) is 4.17. The average molecular weight is 436 g/mol. The van der Waals surface area contributed by atoms with E-state index in [0.717, 1.165) is 0 Å². The molecular weight excluding hydrogens is 414 g/mol. The van der Waals surface area contributed by atoms with Crippen molar-refractivity contribution in [2.24, 2.45) is 0 Å². The van der Waals surface area contributed by atoms with Crippen molar-refractivity contribution in [3.05, 3.63) is 47.0 Å². The Balaban J connectivity index is 1.96. The quantitative estimate of drug-likeness (QED) is 0.475. The van der Waals surface area contributed by atoms with Gasteiger partial charge in [0.1, 0.15) is 11.5 Å². The molecular formula is C21H22ClNO7. The summed E-state index contributed by atoms with van der Waals surface area (Å²) in [5, 5.41) is 2.94. The van der Waals surface area contributed by atoms with E-state index < -0.39 is 18.5 Å². The fraction of sp³-hybridized carbons (Fsp3) is 0.238. The maximum absolute atomic E-state index is 12.1. The SMILES string of the molecule is COc1ccc(OC)c(NC(=O)COC(=O)/C=C/c2cc(Cl)c(OC)c(OC)c2)c1. The second kappa shape index (κ2) is 11.0. The van der Waals surface area contributed by atoms with Crippen molar-refractivity contribution in [2.75, 3.05) is 40.4 Å². The number of methoxy groups -OCH3 is 4. The summed E-state index contributed by atoms with van der Waals surface area (Å²) in [5.74, 6) is 0.569. The number of nitrogens with one attached hydrogen (secondary N) is 1. The lowest BCUT2D eigenvalue weighted by atomic mass is 10.2. The zero-order valence-corrected chi connectivity index (χ0v) is 17.7. The predicted molar refractivity (Wildman–Crippen MR) is 113 cm³/mol. The average Bonchev–Trinajstić information content (AvgIpc) is 2.75.